The van der Waals surface area contributed by atoms with E-state index < -0.39 is 24.9 Å². The fourth-order valence-corrected chi connectivity index (χ4v) is 3.75. The van der Waals surface area contributed by atoms with Gasteiger partial charge in [-0.25, -0.2) is 0 Å². The van der Waals surface area contributed by atoms with Crippen molar-refractivity contribution >= 4 is 23.2 Å². The van der Waals surface area contributed by atoms with Gasteiger partial charge in [-0.2, -0.15) is 4.91 Å². The van der Waals surface area contributed by atoms with Crippen molar-refractivity contribution in [1.29, 1.82) is 0 Å². The fourth-order valence-electron chi connectivity index (χ4n) is 3.75. The molecule has 1 heterocycles. The van der Waals surface area contributed by atoms with Gasteiger partial charge in [0.1, 0.15) is 24.9 Å². The van der Waals surface area contributed by atoms with Crippen molar-refractivity contribution in [2.75, 3.05) is 23.3 Å². The highest BCUT2D eigenvalue weighted by Gasteiger charge is 2.33. The number of aryl methyl sites for hydroxylation is 1. The molecule has 31 heavy (non-hydrogen) atoms. The van der Waals surface area contributed by atoms with Gasteiger partial charge in [-0.3, -0.25) is 9.59 Å². The van der Waals surface area contributed by atoms with Crippen molar-refractivity contribution in [3.63, 3.8) is 0 Å². The van der Waals surface area contributed by atoms with Crippen LogP contribution in [0, 0.1) is 18.8 Å². The number of amides is 2. The molecule has 0 aromatic heterocycles. The molecule has 1 aliphatic rings. The molecule has 0 aliphatic carbocycles. The Kier molecular flexibility index (Phi) is 10.2. The van der Waals surface area contributed by atoms with Crippen LogP contribution in [0.5, 0.6) is 0 Å². The van der Waals surface area contributed by atoms with Crippen molar-refractivity contribution in [2.24, 2.45) is 5.18 Å². The first-order valence-corrected chi connectivity index (χ1v) is 10.6. The van der Waals surface area contributed by atoms with Gasteiger partial charge in [0.15, 0.2) is 0 Å². The minimum Gasteiger partial charge on any atom is -0.388 e. The summed E-state index contributed by atoms with van der Waals surface area (Å²) in [6, 6.07) is 1.77. The van der Waals surface area contributed by atoms with Crippen LogP contribution in [0.25, 0.3) is 0 Å². The van der Waals surface area contributed by atoms with E-state index in [4.69, 9.17) is 0 Å². The quantitative estimate of drug-likeness (QED) is 0.483. The molecule has 4 unspecified atom stereocenters. The van der Waals surface area contributed by atoms with E-state index in [0.29, 0.717) is 17.8 Å². The van der Waals surface area contributed by atoms with Crippen molar-refractivity contribution in [3.05, 3.63) is 27.7 Å². The number of hydrogen-bond acceptors (Lipinski definition) is 7. The molecule has 174 valence electrons. The molecular weight excluding hydrogens is 402 g/mol. The van der Waals surface area contributed by atoms with Crippen LogP contribution >= 0.6 is 0 Å². The van der Waals surface area contributed by atoms with Crippen LogP contribution in [-0.2, 0) is 9.59 Å². The van der Waals surface area contributed by atoms with Crippen molar-refractivity contribution in [2.45, 2.75) is 78.6 Å². The largest absolute Gasteiger partial charge is 0.388 e. The molecule has 1 aromatic carbocycles. The van der Waals surface area contributed by atoms with Crippen LogP contribution < -0.4 is 10.2 Å². The molecule has 2 bridgehead atoms. The van der Waals surface area contributed by atoms with E-state index in [1.807, 2.05) is 34.6 Å². The second-order valence-electron chi connectivity index (χ2n) is 7.69. The van der Waals surface area contributed by atoms with E-state index in [0.717, 1.165) is 16.7 Å². The highest BCUT2D eigenvalue weighted by atomic mass is 16.4. The number of anilines is 2. The van der Waals surface area contributed by atoms with Crippen LogP contribution in [0.4, 0.5) is 11.4 Å². The number of nitroso groups, excluding NO2 is 1. The summed E-state index contributed by atoms with van der Waals surface area (Å²) in [6.45, 7) is 10.4. The van der Waals surface area contributed by atoms with E-state index in [1.54, 1.807) is 6.07 Å². The molecule has 4 atom stereocenters. The van der Waals surface area contributed by atoms with Gasteiger partial charge in [-0.1, -0.05) is 25.9 Å². The number of aliphatic hydroxyl groups excluding tert-OH is 3. The summed E-state index contributed by atoms with van der Waals surface area (Å²) in [6.07, 6.45) is -3.93. The zero-order valence-corrected chi connectivity index (χ0v) is 19.2. The molecule has 9 nitrogen and oxygen atoms in total. The molecule has 1 aliphatic heterocycles. The summed E-state index contributed by atoms with van der Waals surface area (Å²) < 4.78 is 0. The van der Waals surface area contributed by atoms with Crippen LogP contribution in [0.3, 0.4) is 0 Å². The van der Waals surface area contributed by atoms with E-state index >= 15 is 0 Å². The number of aliphatic hydroxyl groups is 3. The average molecular weight is 438 g/mol. The first kappa shape index (κ1) is 26.7. The number of benzene rings is 1. The monoisotopic (exact) mass is 437 g/mol. The molecule has 0 spiro atoms. The molecule has 0 saturated carbocycles. The van der Waals surface area contributed by atoms with Gasteiger partial charge in [-0.05, 0) is 48.9 Å². The Morgan fingerprint density at radius 1 is 1.26 bits per heavy atom. The standard InChI is InChI=1S/C20H29N3O6.C2H6/c1-10-5-6-17(27)23(9-16(26)20(28)15(25)8-21-29)14-7-11(2)12(3)18(10)19(14)22-13(4)24;1-2/h7,10,15-16,20,25-26,28H,5-6,8-9H2,1-4H3,(H,22,24);1-2H3. The van der Waals surface area contributed by atoms with Crippen LogP contribution in [0.2, 0.25) is 0 Å². The normalized spacial score (nSPS) is 18.7. The van der Waals surface area contributed by atoms with E-state index in [-0.39, 0.29) is 30.7 Å². The first-order chi connectivity index (χ1) is 14.6. The Bertz CT molecular complexity index is 798. The molecule has 0 radical (unpaired) electrons. The number of nitrogens with zero attached hydrogens (tertiary/aromatic N) is 2. The second-order valence-corrected chi connectivity index (χ2v) is 7.69. The molecule has 9 heteroatoms. The predicted molar refractivity (Wildman–Crippen MR) is 120 cm³/mol. The number of hydrogen-bond donors (Lipinski definition) is 4. The third-order valence-corrected chi connectivity index (χ3v) is 5.47. The summed E-state index contributed by atoms with van der Waals surface area (Å²) >= 11 is 0. The number of β-amino-alcohol motifs (C(OH)–C–C–N with tert-alkyl or cyclic N) is 1. The minimum atomic E-state index is -1.65. The molecular formula is C22H35N3O6. The molecule has 2 amide bonds. The SMILES string of the molecule is CC.CC(=O)Nc1c2cc(C)c(C)c1C(C)CCC(=O)N2CC(O)C(O)C(O)CN=O. The number of carbonyl (C=O) groups is 2. The molecule has 0 fully saturated rings. The lowest BCUT2D eigenvalue weighted by molar-refractivity contribution is -0.120. The molecule has 2 rings (SSSR count). The third-order valence-electron chi connectivity index (χ3n) is 5.47. The summed E-state index contributed by atoms with van der Waals surface area (Å²) in [5.74, 6) is -0.520. The average Bonchev–Trinajstić information content (AvgIpc) is 2.72. The zero-order chi connectivity index (χ0) is 23.9. The van der Waals surface area contributed by atoms with Gasteiger partial charge < -0.3 is 25.5 Å². The number of carbonyl (C=O) groups excluding carboxylic acids is 2. The summed E-state index contributed by atoms with van der Waals surface area (Å²) in [5, 5.41) is 35.6. The highest BCUT2D eigenvalue weighted by molar-refractivity contribution is 6.02. The van der Waals surface area contributed by atoms with Gasteiger partial charge in [0.2, 0.25) is 11.8 Å². The molecule has 1 aromatic rings. The van der Waals surface area contributed by atoms with Gasteiger partial charge in [-0.15, -0.1) is 0 Å². The second kappa shape index (κ2) is 11.9. The maximum absolute atomic E-state index is 12.9. The third kappa shape index (κ3) is 6.32. The van der Waals surface area contributed by atoms with Gasteiger partial charge in [0.05, 0.1) is 17.9 Å². The Balaban J connectivity index is 0.00000233. The lowest BCUT2D eigenvalue weighted by Crippen LogP contribution is -2.48. The lowest BCUT2D eigenvalue weighted by Gasteiger charge is -2.35. The van der Waals surface area contributed by atoms with Gasteiger partial charge >= 0.3 is 0 Å². The Morgan fingerprint density at radius 3 is 2.42 bits per heavy atom. The van der Waals surface area contributed by atoms with Crippen LogP contribution in [0.15, 0.2) is 11.2 Å². The Hall–Kier alpha value is -2.36. The topological polar surface area (TPSA) is 140 Å². The van der Waals surface area contributed by atoms with Crippen molar-refractivity contribution < 1.29 is 24.9 Å². The minimum absolute atomic E-state index is 0.0394. The summed E-state index contributed by atoms with van der Waals surface area (Å²) in [4.78, 5) is 36.4. The zero-order valence-electron chi connectivity index (χ0n) is 19.2. The van der Waals surface area contributed by atoms with E-state index in [2.05, 4.69) is 10.5 Å². The summed E-state index contributed by atoms with van der Waals surface area (Å²) in [5.41, 5.74) is 3.83. The van der Waals surface area contributed by atoms with Crippen molar-refractivity contribution in [3.8, 4) is 0 Å². The molecule has 0 saturated heterocycles. The summed E-state index contributed by atoms with van der Waals surface area (Å²) in [7, 11) is 0. The number of fused-ring (bicyclic) bond motifs is 2. The maximum atomic E-state index is 12.9. The number of nitrogens with one attached hydrogen (secondary N) is 1. The highest BCUT2D eigenvalue weighted by Crippen LogP contribution is 2.42. The Morgan fingerprint density at radius 2 is 1.87 bits per heavy atom. The van der Waals surface area contributed by atoms with Gasteiger partial charge in [0, 0.05) is 13.3 Å². The Labute approximate surface area is 183 Å². The molecule has 4 N–H and O–H groups in total. The van der Waals surface area contributed by atoms with Gasteiger partial charge in [0.25, 0.3) is 0 Å². The van der Waals surface area contributed by atoms with Crippen LogP contribution in [-0.4, -0.2) is 58.5 Å². The fraction of sp³-hybridized carbons (Fsp3) is 0.636. The maximum Gasteiger partial charge on any atom is 0.227 e. The predicted octanol–water partition coefficient (Wildman–Crippen LogP) is 2.37. The lowest BCUT2D eigenvalue weighted by atomic mass is 9.86. The van der Waals surface area contributed by atoms with E-state index in [1.165, 1.54) is 11.8 Å². The van der Waals surface area contributed by atoms with Crippen LogP contribution in [0.1, 0.15) is 63.1 Å². The smallest absolute Gasteiger partial charge is 0.227 e. The van der Waals surface area contributed by atoms with Crippen molar-refractivity contribution in [1.82, 2.24) is 0 Å². The first-order valence-electron chi connectivity index (χ1n) is 10.6. The van der Waals surface area contributed by atoms with E-state index in [9.17, 15) is 29.8 Å². The number of rotatable bonds is 7.